The molecule has 2 N–H and O–H groups in total. The summed E-state index contributed by atoms with van der Waals surface area (Å²) in [5.41, 5.74) is 9.79. The van der Waals surface area contributed by atoms with Gasteiger partial charge in [0.15, 0.2) is 5.82 Å². The van der Waals surface area contributed by atoms with Crippen LogP contribution in [0.15, 0.2) is 29.3 Å². The molecule has 0 saturated heterocycles. The van der Waals surface area contributed by atoms with Crippen molar-refractivity contribution in [1.29, 1.82) is 0 Å². The Morgan fingerprint density at radius 3 is 2.53 bits per heavy atom. The Bertz CT molecular complexity index is 1330. The van der Waals surface area contributed by atoms with Crippen molar-refractivity contribution >= 4 is 23.0 Å². The number of benzene rings is 1. The molecule has 0 bridgehead atoms. The summed E-state index contributed by atoms with van der Waals surface area (Å²) >= 11 is 1.68. The fraction of sp³-hybridized carbons (Fsp3) is 0.385. The fourth-order valence-electron chi connectivity index (χ4n) is 3.93. The van der Waals surface area contributed by atoms with Crippen molar-refractivity contribution in [2.45, 2.75) is 59.6 Å². The van der Waals surface area contributed by atoms with Crippen molar-refractivity contribution in [1.82, 2.24) is 14.8 Å². The zero-order chi connectivity index (χ0) is 24.6. The third-order valence-electron chi connectivity index (χ3n) is 5.51. The van der Waals surface area contributed by atoms with Gasteiger partial charge < -0.3 is 10.5 Å². The Balaban J connectivity index is 1.88. The van der Waals surface area contributed by atoms with Crippen LogP contribution in [0.4, 0.5) is 0 Å². The second-order valence-electron chi connectivity index (χ2n) is 9.27. The van der Waals surface area contributed by atoms with Crippen LogP contribution in [0.1, 0.15) is 72.0 Å². The molecule has 0 aliphatic carbocycles. The van der Waals surface area contributed by atoms with Crippen LogP contribution in [0.2, 0.25) is 0 Å². The van der Waals surface area contributed by atoms with Crippen molar-refractivity contribution in [2.75, 3.05) is 6.54 Å². The summed E-state index contributed by atoms with van der Waals surface area (Å²) in [7, 11) is 0. The lowest BCUT2D eigenvalue weighted by Gasteiger charge is -2.21. The first-order chi connectivity index (χ1) is 16.1. The van der Waals surface area contributed by atoms with Crippen LogP contribution in [0.5, 0.6) is 0 Å². The fourth-order valence-corrected chi connectivity index (χ4v) is 5.14. The maximum absolute atomic E-state index is 12.8. The van der Waals surface area contributed by atoms with E-state index in [1.54, 1.807) is 11.3 Å². The Labute approximate surface area is 204 Å². The third kappa shape index (κ3) is 4.67. The van der Waals surface area contributed by atoms with E-state index in [1.807, 2.05) is 56.5 Å². The molecule has 0 amide bonds. The maximum Gasteiger partial charge on any atom is 0.308 e. The molecule has 0 spiro atoms. The number of fused-ring (bicyclic) bond motifs is 3. The van der Waals surface area contributed by atoms with Crippen molar-refractivity contribution in [3.05, 3.63) is 63.0 Å². The molecule has 1 aliphatic heterocycles. The number of aromatic nitrogens is 3. The van der Waals surface area contributed by atoms with Gasteiger partial charge in [-0.15, -0.1) is 21.5 Å². The molecular formula is C26H29N5O2S. The first-order valence-electron chi connectivity index (χ1n) is 11.2. The average Bonchev–Trinajstić information content (AvgIpc) is 3.24. The Kier molecular flexibility index (Phi) is 6.43. The predicted molar refractivity (Wildman–Crippen MR) is 135 cm³/mol. The van der Waals surface area contributed by atoms with Gasteiger partial charge in [-0.1, -0.05) is 24.0 Å². The molecule has 8 heteroatoms. The van der Waals surface area contributed by atoms with Crippen molar-refractivity contribution in [2.24, 2.45) is 10.7 Å². The Morgan fingerprint density at radius 2 is 1.88 bits per heavy atom. The van der Waals surface area contributed by atoms with Crippen LogP contribution >= 0.6 is 11.3 Å². The van der Waals surface area contributed by atoms with Crippen LogP contribution < -0.4 is 5.73 Å². The molecule has 7 nitrogen and oxygen atoms in total. The van der Waals surface area contributed by atoms with E-state index in [0.29, 0.717) is 12.4 Å². The van der Waals surface area contributed by atoms with Gasteiger partial charge >= 0.3 is 5.97 Å². The number of nitrogens with zero attached hydrogens (tertiary/aromatic N) is 4. The summed E-state index contributed by atoms with van der Waals surface area (Å²) in [6, 6.07) is 7.43. The molecule has 2 aromatic heterocycles. The normalized spacial score (nSPS) is 14.9. The number of hydrogen-bond donors (Lipinski definition) is 1. The number of thiophene rings is 1. The first kappa shape index (κ1) is 23.9. The zero-order valence-electron chi connectivity index (χ0n) is 20.4. The van der Waals surface area contributed by atoms with Gasteiger partial charge in [-0.05, 0) is 59.2 Å². The lowest BCUT2D eigenvalue weighted by Crippen LogP contribution is -2.25. The van der Waals surface area contributed by atoms with E-state index < -0.39 is 11.6 Å². The summed E-state index contributed by atoms with van der Waals surface area (Å²) < 4.78 is 7.64. The minimum atomic E-state index is -0.579. The average molecular weight is 476 g/mol. The van der Waals surface area contributed by atoms with E-state index in [4.69, 9.17) is 15.5 Å². The predicted octanol–water partition coefficient (Wildman–Crippen LogP) is 4.19. The SMILES string of the molecule is Cc1sc2c(c1C)C(c1ccc(C#CCN)cc1)=NC(CC(=O)OC(C)(C)C)c1nnc(C)n1-2. The highest BCUT2D eigenvalue weighted by atomic mass is 32.1. The number of hydrogen-bond acceptors (Lipinski definition) is 7. The van der Waals surface area contributed by atoms with Gasteiger partial charge in [-0.25, -0.2) is 0 Å². The van der Waals surface area contributed by atoms with Crippen molar-refractivity contribution in [3.8, 4) is 16.8 Å². The highest BCUT2D eigenvalue weighted by Crippen LogP contribution is 2.39. The zero-order valence-corrected chi connectivity index (χ0v) is 21.2. The van der Waals surface area contributed by atoms with E-state index in [-0.39, 0.29) is 12.4 Å². The number of rotatable bonds is 3. The molecule has 3 heterocycles. The smallest absolute Gasteiger partial charge is 0.308 e. The molecule has 3 aromatic rings. The number of carbonyl (C=O) groups excluding carboxylic acids is 1. The van der Waals surface area contributed by atoms with Crippen LogP contribution in [-0.4, -0.2) is 38.6 Å². The van der Waals surface area contributed by atoms with Crippen LogP contribution in [0.25, 0.3) is 5.00 Å². The molecule has 1 aromatic carbocycles. The van der Waals surface area contributed by atoms with Crippen LogP contribution in [0.3, 0.4) is 0 Å². The van der Waals surface area contributed by atoms with Crippen molar-refractivity contribution < 1.29 is 9.53 Å². The summed E-state index contributed by atoms with van der Waals surface area (Å²) in [6.45, 7) is 12.0. The van der Waals surface area contributed by atoms with Gasteiger partial charge in [0.05, 0.1) is 18.7 Å². The third-order valence-corrected chi connectivity index (χ3v) is 6.71. The van der Waals surface area contributed by atoms with Crippen molar-refractivity contribution in [3.63, 3.8) is 0 Å². The molecule has 0 radical (unpaired) electrons. The van der Waals surface area contributed by atoms with E-state index in [0.717, 1.165) is 38.8 Å². The minimum absolute atomic E-state index is 0.0753. The van der Waals surface area contributed by atoms with Crippen LogP contribution in [0, 0.1) is 32.6 Å². The van der Waals surface area contributed by atoms with E-state index in [2.05, 4.69) is 35.9 Å². The second kappa shape index (κ2) is 9.16. The summed E-state index contributed by atoms with van der Waals surface area (Å²) in [5.74, 6) is 7.03. The van der Waals surface area contributed by atoms with Gasteiger partial charge in [0, 0.05) is 21.6 Å². The molecule has 176 valence electrons. The summed E-state index contributed by atoms with van der Waals surface area (Å²) in [4.78, 5) is 19.1. The number of aryl methyl sites for hydroxylation is 2. The molecule has 0 saturated carbocycles. The first-order valence-corrected chi connectivity index (χ1v) is 12.0. The summed E-state index contributed by atoms with van der Waals surface area (Å²) in [5, 5.41) is 9.77. The van der Waals surface area contributed by atoms with Gasteiger partial charge in [0.2, 0.25) is 0 Å². The topological polar surface area (TPSA) is 95.4 Å². The number of esters is 1. The van der Waals surface area contributed by atoms with Crippen LogP contribution in [-0.2, 0) is 9.53 Å². The molecular weight excluding hydrogens is 446 g/mol. The van der Waals surface area contributed by atoms with Gasteiger partial charge in [0.1, 0.15) is 22.5 Å². The summed E-state index contributed by atoms with van der Waals surface area (Å²) in [6.07, 6.45) is 0.0753. The van der Waals surface area contributed by atoms with E-state index in [9.17, 15) is 4.79 Å². The van der Waals surface area contributed by atoms with Gasteiger partial charge in [-0.3, -0.25) is 14.4 Å². The minimum Gasteiger partial charge on any atom is -0.460 e. The van der Waals surface area contributed by atoms with E-state index >= 15 is 0 Å². The Hall–Kier alpha value is -3.28. The molecule has 1 aliphatic rings. The highest BCUT2D eigenvalue weighted by Gasteiger charge is 2.33. The number of nitrogens with two attached hydrogens (primary N) is 1. The number of ether oxygens (including phenoxy) is 1. The highest BCUT2D eigenvalue weighted by molar-refractivity contribution is 7.15. The molecule has 0 fully saturated rings. The maximum atomic E-state index is 12.8. The lowest BCUT2D eigenvalue weighted by atomic mass is 9.98. The van der Waals surface area contributed by atoms with Gasteiger partial charge in [-0.2, -0.15) is 0 Å². The second-order valence-corrected chi connectivity index (χ2v) is 10.5. The number of aliphatic imine (C=N–C) groups is 1. The molecule has 1 unspecified atom stereocenters. The number of carbonyl (C=O) groups is 1. The lowest BCUT2D eigenvalue weighted by molar-refractivity contribution is -0.155. The molecule has 34 heavy (non-hydrogen) atoms. The molecule has 1 atom stereocenters. The quantitative estimate of drug-likeness (QED) is 0.453. The largest absolute Gasteiger partial charge is 0.460 e. The molecule has 4 rings (SSSR count). The standard InChI is InChI=1S/C26H29N5O2S/c1-15-16(2)34-25-22(15)23(19-11-9-18(10-12-19)8-7-13-27)28-20(14-21(32)33-26(4,5)6)24-30-29-17(3)31(24)25/h9-12,20H,13-14,27H2,1-6H3. The van der Waals surface area contributed by atoms with E-state index in [1.165, 1.54) is 4.88 Å². The Morgan fingerprint density at radius 1 is 1.18 bits per heavy atom. The monoisotopic (exact) mass is 475 g/mol. The van der Waals surface area contributed by atoms with Gasteiger partial charge in [0.25, 0.3) is 0 Å².